The Labute approximate surface area is 123 Å². The lowest BCUT2D eigenvalue weighted by atomic mass is 10.1. The maximum Gasteiger partial charge on any atom is 0.0642 e. The minimum absolute atomic E-state index is 0.549. The third-order valence-electron chi connectivity index (χ3n) is 3.89. The minimum Gasteiger partial charge on any atom is -0.367 e. The maximum atomic E-state index is 6.40. The van der Waals surface area contributed by atoms with Crippen molar-refractivity contribution in [1.29, 1.82) is 0 Å². The van der Waals surface area contributed by atoms with E-state index in [4.69, 9.17) is 11.6 Å². The highest BCUT2D eigenvalue weighted by Crippen LogP contribution is 2.33. The van der Waals surface area contributed by atoms with Crippen molar-refractivity contribution in [1.82, 2.24) is 4.90 Å². The van der Waals surface area contributed by atoms with Crippen LogP contribution in [-0.2, 0) is 5.33 Å². The fourth-order valence-electron chi connectivity index (χ4n) is 2.61. The summed E-state index contributed by atoms with van der Waals surface area (Å²) in [6.45, 7) is 6.61. The van der Waals surface area contributed by atoms with Gasteiger partial charge in [-0.05, 0) is 32.5 Å². The zero-order chi connectivity index (χ0) is 13.3. The Morgan fingerprint density at radius 2 is 1.89 bits per heavy atom. The van der Waals surface area contributed by atoms with E-state index in [1.807, 2.05) is 12.1 Å². The standard InChI is InChI=1S/C14H20BrClN2/c1-10-8-18(9-11(2)17(10)3)14-12(7-15)5-4-6-13(14)16/h4-6,10-11H,7-9H2,1-3H3. The van der Waals surface area contributed by atoms with Gasteiger partial charge in [0, 0.05) is 30.5 Å². The third-order valence-corrected chi connectivity index (χ3v) is 4.80. The van der Waals surface area contributed by atoms with Crippen LogP contribution < -0.4 is 4.90 Å². The van der Waals surface area contributed by atoms with Crippen molar-refractivity contribution in [3.8, 4) is 0 Å². The van der Waals surface area contributed by atoms with Gasteiger partial charge in [-0.25, -0.2) is 0 Å². The first kappa shape index (κ1) is 14.2. The minimum atomic E-state index is 0.549. The van der Waals surface area contributed by atoms with E-state index in [0.29, 0.717) is 12.1 Å². The van der Waals surface area contributed by atoms with Crippen molar-refractivity contribution in [2.45, 2.75) is 31.3 Å². The lowest BCUT2D eigenvalue weighted by Gasteiger charge is -2.44. The van der Waals surface area contributed by atoms with Gasteiger partial charge in [0.1, 0.15) is 0 Å². The van der Waals surface area contributed by atoms with E-state index >= 15 is 0 Å². The Morgan fingerprint density at radius 1 is 1.28 bits per heavy atom. The molecule has 1 aliphatic heterocycles. The number of likely N-dealkylation sites (N-methyl/N-ethyl adjacent to an activating group) is 1. The SMILES string of the molecule is CC1CN(c2c(Cl)cccc2CBr)CC(C)N1C. The molecule has 1 aliphatic rings. The van der Waals surface area contributed by atoms with E-state index in [1.54, 1.807) is 0 Å². The van der Waals surface area contributed by atoms with E-state index in [-0.39, 0.29) is 0 Å². The molecule has 0 amide bonds. The largest absolute Gasteiger partial charge is 0.367 e. The van der Waals surface area contributed by atoms with Gasteiger partial charge in [0.15, 0.2) is 0 Å². The molecule has 0 N–H and O–H groups in total. The van der Waals surface area contributed by atoms with Gasteiger partial charge in [0.25, 0.3) is 0 Å². The monoisotopic (exact) mass is 330 g/mol. The van der Waals surface area contributed by atoms with Gasteiger partial charge in [0.2, 0.25) is 0 Å². The van der Waals surface area contributed by atoms with Crippen molar-refractivity contribution >= 4 is 33.2 Å². The van der Waals surface area contributed by atoms with Gasteiger partial charge in [-0.2, -0.15) is 0 Å². The molecule has 18 heavy (non-hydrogen) atoms. The molecule has 1 aromatic carbocycles. The van der Waals surface area contributed by atoms with Crippen molar-refractivity contribution in [2.24, 2.45) is 0 Å². The summed E-state index contributed by atoms with van der Waals surface area (Å²) in [6.07, 6.45) is 0. The highest BCUT2D eigenvalue weighted by molar-refractivity contribution is 9.08. The van der Waals surface area contributed by atoms with Crippen molar-refractivity contribution in [3.63, 3.8) is 0 Å². The summed E-state index contributed by atoms with van der Waals surface area (Å²) in [5, 5.41) is 1.70. The van der Waals surface area contributed by atoms with Gasteiger partial charge in [-0.3, -0.25) is 4.90 Å². The summed E-state index contributed by atoms with van der Waals surface area (Å²) in [5.41, 5.74) is 2.47. The summed E-state index contributed by atoms with van der Waals surface area (Å²) in [6, 6.07) is 7.24. The number of hydrogen-bond acceptors (Lipinski definition) is 2. The van der Waals surface area contributed by atoms with Gasteiger partial charge in [-0.1, -0.05) is 39.7 Å². The Bertz CT molecular complexity index is 412. The Morgan fingerprint density at radius 3 is 2.44 bits per heavy atom. The number of anilines is 1. The number of halogens is 2. The second kappa shape index (κ2) is 5.81. The highest BCUT2D eigenvalue weighted by Gasteiger charge is 2.28. The van der Waals surface area contributed by atoms with Crippen molar-refractivity contribution in [3.05, 3.63) is 28.8 Å². The van der Waals surface area contributed by atoms with Crippen molar-refractivity contribution < 1.29 is 0 Å². The predicted molar refractivity (Wildman–Crippen MR) is 83.0 cm³/mol. The van der Waals surface area contributed by atoms with Crippen LogP contribution in [-0.4, -0.2) is 37.1 Å². The first-order valence-corrected chi connectivity index (χ1v) is 7.84. The molecule has 2 atom stereocenters. The van der Waals surface area contributed by atoms with Crippen LogP contribution in [0.1, 0.15) is 19.4 Å². The topological polar surface area (TPSA) is 6.48 Å². The Kier molecular flexibility index (Phi) is 4.57. The van der Waals surface area contributed by atoms with E-state index < -0.39 is 0 Å². The molecule has 0 aromatic heterocycles. The third kappa shape index (κ3) is 2.68. The molecule has 1 aromatic rings. The molecule has 0 radical (unpaired) electrons. The summed E-state index contributed by atoms with van der Waals surface area (Å²) >= 11 is 9.95. The van der Waals surface area contributed by atoms with Crippen LogP contribution >= 0.6 is 27.5 Å². The Hall–Kier alpha value is -0.250. The molecule has 0 aliphatic carbocycles. The van der Waals surface area contributed by atoms with Gasteiger partial charge in [0.05, 0.1) is 10.7 Å². The normalized spacial score (nSPS) is 25.5. The molecule has 2 nitrogen and oxygen atoms in total. The molecule has 2 unspecified atom stereocenters. The molecule has 0 bridgehead atoms. The van der Waals surface area contributed by atoms with Crippen LogP contribution in [0.5, 0.6) is 0 Å². The first-order chi connectivity index (χ1) is 8.54. The first-order valence-electron chi connectivity index (χ1n) is 6.34. The van der Waals surface area contributed by atoms with E-state index in [9.17, 15) is 0 Å². The number of hydrogen-bond donors (Lipinski definition) is 0. The van der Waals surface area contributed by atoms with E-state index in [1.165, 1.54) is 11.3 Å². The van der Waals surface area contributed by atoms with Crippen LogP contribution in [0.15, 0.2) is 18.2 Å². The molecule has 1 heterocycles. The molecule has 1 saturated heterocycles. The number of nitrogens with zero attached hydrogens (tertiary/aromatic N) is 2. The summed E-state index contributed by atoms with van der Waals surface area (Å²) < 4.78 is 0. The lowest BCUT2D eigenvalue weighted by molar-refractivity contribution is 0.170. The number of rotatable bonds is 2. The van der Waals surface area contributed by atoms with Crippen LogP contribution in [0, 0.1) is 0 Å². The fraction of sp³-hybridized carbons (Fsp3) is 0.571. The molecule has 100 valence electrons. The fourth-order valence-corrected chi connectivity index (χ4v) is 3.38. The van der Waals surface area contributed by atoms with Gasteiger partial charge in [-0.15, -0.1) is 0 Å². The average molecular weight is 332 g/mol. The summed E-state index contributed by atoms with van der Waals surface area (Å²) in [5.74, 6) is 0. The molecule has 0 spiro atoms. The molecule has 0 saturated carbocycles. The van der Waals surface area contributed by atoms with Crippen LogP contribution in [0.4, 0.5) is 5.69 Å². The van der Waals surface area contributed by atoms with Crippen LogP contribution in [0.3, 0.4) is 0 Å². The highest BCUT2D eigenvalue weighted by atomic mass is 79.9. The average Bonchev–Trinajstić information content (AvgIpc) is 2.35. The molecule has 1 fully saturated rings. The summed E-state index contributed by atoms with van der Waals surface area (Å²) in [4.78, 5) is 4.86. The van der Waals surface area contributed by atoms with E-state index in [0.717, 1.165) is 23.4 Å². The number of alkyl halides is 1. The predicted octanol–water partition coefficient (Wildman–Crippen LogP) is 3.76. The summed E-state index contributed by atoms with van der Waals surface area (Å²) in [7, 11) is 2.20. The number of piperazine rings is 1. The zero-order valence-corrected chi connectivity index (χ0v) is 13.5. The number of benzene rings is 1. The quantitative estimate of drug-likeness (QED) is 0.761. The zero-order valence-electron chi connectivity index (χ0n) is 11.2. The molecule has 4 heteroatoms. The lowest BCUT2D eigenvalue weighted by Crippen LogP contribution is -2.55. The van der Waals surface area contributed by atoms with Crippen molar-refractivity contribution in [2.75, 3.05) is 25.0 Å². The molecular weight excluding hydrogens is 312 g/mol. The van der Waals surface area contributed by atoms with Gasteiger partial charge < -0.3 is 4.90 Å². The van der Waals surface area contributed by atoms with E-state index in [2.05, 4.69) is 52.7 Å². The second-order valence-electron chi connectivity index (χ2n) is 5.15. The molecule has 2 rings (SSSR count). The van der Waals surface area contributed by atoms with Crippen LogP contribution in [0.25, 0.3) is 0 Å². The smallest absolute Gasteiger partial charge is 0.0642 e. The molecular formula is C14H20BrClN2. The number of para-hydroxylation sites is 1. The Balaban J connectivity index is 2.32. The van der Waals surface area contributed by atoms with Crippen LogP contribution in [0.2, 0.25) is 5.02 Å². The van der Waals surface area contributed by atoms with Gasteiger partial charge >= 0.3 is 0 Å². The maximum absolute atomic E-state index is 6.40. The second-order valence-corrected chi connectivity index (χ2v) is 6.12.